The first-order valence-corrected chi connectivity index (χ1v) is 8.20. The molecule has 1 aromatic carbocycles. The van der Waals surface area contributed by atoms with Crippen molar-refractivity contribution in [2.45, 2.75) is 33.4 Å². The van der Waals surface area contributed by atoms with Crippen LogP contribution in [0, 0.1) is 5.92 Å². The van der Waals surface area contributed by atoms with E-state index < -0.39 is 6.10 Å². The van der Waals surface area contributed by atoms with Crippen molar-refractivity contribution in [3.05, 3.63) is 28.2 Å². The second-order valence-electron chi connectivity index (χ2n) is 5.40. The lowest BCUT2D eigenvalue weighted by Crippen LogP contribution is -2.23. The molecule has 0 heterocycles. The largest absolute Gasteiger partial charge is 0.491 e. The summed E-state index contributed by atoms with van der Waals surface area (Å²) in [7, 11) is 0. The van der Waals surface area contributed by atoms with Gasteiger partial charge in [0.15, 0.2) is 0 Å². The Morgan fingerprint density at radius 2 is 2.05 bits per heavy atom. The molecule has 4 nitrogen and oxygen atoms in total. The number of aliphatic hydroxyl groups is 1. The Morgan fingerprint density at radius 3 is 2.71 bits per heavy atom. The fourth-order valence-electron chi connectivity index (χ4n) is 1.77. The third-order valence-corrected chi connectivity index (χ3v) is 3.62. The molecule has 2 N–H and O–H groups in total. The molecule has 0 aliphatic carbocycles. The maximum Gasteiger partial charge on any atom is 0.119 e. The summed E-state index contributed by atoms with van der Waals surface area (Å²) in [6, 6.07) is 5.85. The van der Waals surface area contributed by atoms with Gasteiger partial charge in [0.1, 0.15) is 18.5 Å². The highest BCUT2D eigenvalue weighted by Gasteiger charge is 2.07. The van der Waals surface area contributed by atoms with Crippen molar-refractivity contribution in [3.8, 4) is 5.75 Å². The van der Waals surface area contributed by atoms with Crippen molar-refractivity contribution in [3.63, 3.8) is 0 Å². The Balaban J connectivity index is 2.48. The smallest absolute Gasteiger partial charge is 0.119 e. The molecule has 0 fully saturated rings. The minimum atomic E-state index is -0.601. The summed E-state index contributed by atoms with van der Waals surface area (Å²) >= 11 is 3.55. The molecule has 21 heavy (non-hydrogen) atoms. The van der Waals surface area contributed by atoms with Gasteiger partial charge in [0.2, 0.25) is 0 Å². The summed E-state index contributed by atoms with van der Waals surface area (Å²) in [5, 5.41) is 13.1. The molecule has 0 spiro atoms. The van der Waals surface area contributed by atoms with E-state index in [2.05, 4.69) is 35.1 Å². The monoisotopic (exact) mass is 359 g/mol. The fourth-order valence-corrected chi connectivity index (χ4v) is 2.15. The van der Waals surface area contributed by atoms with E-state index in [0.717, 1.165) is 28.9 Å². The number of nitrogens with one attached hydrogen (secondary N) is 1. The van der Waals surface area contributed by atoms with E-state index in [1.54, 1.807) is 0 Å². The van der Waals surface area contributed by atoms with Gasteiger partial charge in [0.25, 0.3) is 0 Å². The lowest BCUT2D eigenvalue weighted by Gasteiger charge is -2.14. The van der Waals surface area contributed by atoms with E-state index in [4.69, 9.17) is 9.47 Å². The zero-order valence-corrected chi connectivity index (χ0v) is 14.6. The molecule has 5 heteroatoms. The van der Waals surface area contributed by atoms with Crippen molar-refractivity contribution in [1.29, 1.82) is 0 Å². The minimum absolute atomic E-state index is 0.237. The van der Waals surface area contributed by atoms with Crippen LogP contribution >= 0.6 is 15.9 Å². The summed E-state index contributed by atoms with van der Waals surface area (Å²) in [6.07, 6.45) is -0.601. The van der Waals surface area contributed by atoms with E-state index >= 15 is 0 Å². The van der Waals surface area contributed by atoms with Crippen LogP contribution in [0.25, 0.3) is 0 Å². The molecule has 1 rings (SSSR count). The number of hydrogen-bond donors (Lipinski definition) is 2. The highest BCUT2D eigenvalue weighted by molar-refractivity contribution is 9.10. The fraction of sp³-hybridized carbons (Fsp3) is 0.625. The van der Waals surface area contributed by atoms with Crippen LogP contribution in [-0.4, -0.2) is 37.6 Å². The Hall–Kier alpha value is -0.620. The predicted molar refractivity (Wildman–Crippen MR) is 88.7 cm³/mol. The standard InChI is InChI=1S/C16H26BrNO3/c1-4-20-10-14(19)11-21-15-5-6-16(17)13(7-15)9-18-8-12(2)3/h5-7,12,14,18-19H,4,8-11H2,1-3H3. The molecule has 120 valence electrons. The normalized spacial score (nSPS) is 12.7. The van der Waals surface area contributed by atoms with Crippen LogP contribution in [0.15, 0.2) is 22.7 Å². The number of aliphatic hydroxyl groups excluding tert-OH is 1. The van der Waals surface area contributed by atoms with Gasteiger partial charge in [-0.25, -0.2) is 0 Å². The van der Waals surface area contributed by atoms with Gasteiger partial charge in [-0.05, 0) is 43.1 Å². The van der Waals surface area contributed by atoms with Crippen LogP contribution in [0.2, 0.25) is 0 Å². The molecule has 1 atom stereocenters. The third-order valence-electron chi connectivity index (χ3n) is 2.84. The molecule has 0 saturated carbocycles. The van der Waals surface area contributed by atoms with Gasteiger partial charge < -0.3 is 19.9 Å². The summed E-state index contributed by atoms with van der Waals surface area (Å²) in [6.45, 7) is 9.17. The van der Waals surface area contributed by atoms with Gasteiger partial charge >= 0.3 is 0 Å². The van der Waals surface area contributed by atoms with Gasteiger partial charge in [-0.3, -0.25) is 0 Å². The van der Waals surface area contributed by atoms with Crippen LogP contribution in [0.3, 0.4) is 0 Å². The molecular weight excluding hydrogens is 334 g/mol. The van der Waals surface area contributed by atoms with Crippen molar-refractivity contribution in [1.82, 2.24) is 5.32 Å². The summed E-state index contributed by atoms with van der Waals surface area (Å²) in [4.78, 5) is 0. The first-order chi connectivity index (χ1) is 10.0. The summed E-state index contributed by atoms with van der Waals surface area (Å²) in [5.41, 5.74) is 1.15. The average molecular weight is 360 g/mol. The Kier molecular flexibility index (Phi) is 8.92. The van der Waals surface area contributed by atoms with Crippen LogP contribution in [0.5, 0.6) is 5.75 Å². The predicted octanol–water partition coefficient (Wildman–Crippen LogP) is 2.97. The molecule has 0 aromatic heterocycles. The maximum absolute atomic E-state index is 9.70. The molecule has 0 amide bonds. The Bertz CT molecular complexity index is 413. The van der Waals surface area contributed by atoms with Crippen molar-refractivity contribution in [2.24, 2.45) is 5.92 Å². The summed E-state index contributed by atoms with van der Waals surface area (Å²) in [5.74, 6) is 1.38. The lowest BCUT2D eigenvalue weighted by molar-refractivity contribution is 0.0164. The van der Waals surface area contributed by atoms with E-state index in [1.165, 1.54) is 0 Å². The van der Waals surface area contributed by atoms with Gasteiger partial charge in [0, 0.05) is 17.6 Å². The Labute approximate surface area is 136 Å². The topological polar surface area (TPSA) is 50.7 Å². The molecule has 1 unspecified atom stereocenters. The number of rotatable bonds is 10. The van der Waals surface area contributed by atoms with Gasteiger partial charge in [-0.2, -0.15) is 0 Å². The number of hydrogen-bond acceptors (Lipinski definition) is 4. The molecule has 0 saturated heterocycles. The van der Waals surface area contributed by atoms with Gasteiger partial charge in [-0.15, -0.1) is 0 Å². The maximum atomic E-state index is 9.70. The highest BCUT2D eigenvalue weighted by atomic mass is 79.9. The second kappa shape index (κ2) is 10.2. The SMILES string of the molecule is CCOCC(O)COc1ccc(Br)c(CNCC(C)C)c1. The zero-order chi connectivity index (χ0) is 15.7. The van der Waals surface area contributed by atoms with Crippen LogP contribution < -0.4 is 10.1 Å². The van der Waals surface area contributed by atoms with Gasteiger partial charge in [0.05, 0.1) is 6.61 Å². The Morgan fingerprint density at radius 1 is 1.29 bits per heavy atom. The van der Waals surface area contributed by atoms with Crippen LogP contribution in [0.1, 0.15) is 26.3 Å². The van der Waals surface area contributed by atoms with E-state index in [1.807, 2.05) is 25.1 Å². The highest BCUT2D eigenvalue weighted by Crippen LogP contribution is 2.22. The van der Waals surface area contributed by atoms with E-state index in [-0.39, 0.29) is 6.61 Å². The lowest BCUT2D eigenvalue weighted by atomic mass is 10.2. The molecule has 0 aliphatic heterocycles. The first kappa shape index (κ1) is 18.4. The second-order valence-corrected chi connectivity index (χ2v) is 6.26. The van der Waals surface area contributed by atoms with Crippen molar-refractivity contribution < 1.29 is 14.6 Å². The molecule has 0 aliphatic rings. The van der Waals surface area contributed by atoms with Crippen molar-refractivity contribution in [2.75, 3.05) is 26.4 Å². The van der Waals surface area contributed by atoms with E-state index in [9.17, 15) is 5.11 Å². The average Bonchev–Trinajstić information content (AvgIpc) is 2.45. The third kappa shape index (κ3) is 7.81. The quantitative estimate of drug-likeness (QED) is 0.674. The molecule has 0 radical (unpaired) electrons. The molecule has 0 bridgehead atoms. The summed E-state index contributed by atoms with van der Waals surface area (Å²) < 4.78 is 11.8. The molecule has 1 aromatic rings. The van der Waals surface area contributed by atoms with Gasteiger partial charge in [-0.1, -0.05) is 29.8 Å². The number of halogens is 1. The molecular formula is C16H26BrNO3. The van der Waals surface area contributed by atoms with E-state index in [0.29, 0.717) is 19.1 Å². The van der Waals surface area contributed by atoms with Crippen LogP contribution in [0.4, 0.5) is 0 Å². The zero-order valence-electron chi connectivity index (χ0n) is 13.1. The van der Waals surface area contributed by atoms with Crippen molar-refractivity contribution >= 4 is 15.9 Å². The number of benzene rings is 1. The van der Waals surface area contributed by atoms with Crippen LogP contribution in [-0.2, 0) is 11.3 Å². The minimum Gasteiger partial charge on any atom is -0.491 e. The first-order valence-electron chi connectivity index (χ1n) is 7.40. The number of ether oxygens (including phenoxy) is 2.